The first-order valence-corrected chi connectivity index (χ1v) is 11.4. The lowest BCUT2D eigenvalue weighted by Crippen LogP contribution is -2.37. The maximum absolute atomic E-state index is 13.5. The standard InChI is InChI=1S/C21H30NO5P/c1-3-5-16-26-28(24,27-17-6-4-2)20-14-10-11-15-22(20)21(23)25-18-19-12-8-7-9-13-19/h7-15,20H,3-6,16-18H2,1-2H3/t20-/m0/s1. The molecule has 0 saturated carbocycles. The number of benzene rings is 1. The quantitative estimate of drug-likeness (QED) is 0.339. The van der Waals surface area contributed by atoms with Gasteiger partial charge >= 0.3 is 13.7 Å². The van der Waals surface area contributed by atoms with Crippen molar-refractivity contribution in [1.29, 1.82) is 0 Å². The van der Waals surface area contributed by atoms with Crippen molar-refractivity contribution in [2.45, 2.75) is 51.9 Å². The van der Waals surface area contributed by atoms with Crippen molar-refractivity contribution in [3.05, 3.63) is 60.3 Å². The van der Waals surface area contributed by atoms with Gasteiger partial charge in [0.1, 0.15) is 6.61 Å². The Hall–Kier alpha value is -1.88. The van der Waals surface area contributed by atoms with Crippen molar-refractivity contribution >= 4 is 13.7 Å². The van der Waals surface area contributed by atoms with Gasteiger partial charge in [0.2, 0.25) is 0 Å². The zero-order chi connectivity index (χ0) is 20.2. The van der Waals surface area contributed by atoms with Crippen LogP contribution in [0, 0.1) is 0 Å². The third kappa shape index (κ3) is 6.62. The van der Waals surface area contributed by atoms with Gasteiger partial charge in [-0.15, -0.1) is 0 Å². The summed E-state index contributed by atoms with van der Waals surface area (Å²) in [6, 6.07) is 9.42. The summed E-state index contributed by atoms with van der Waals surface area (Å²) in [6.07, 6.45) is 9.44. The Morgan fingerprint density at radius 1 is 1.04 bits per heavy atom. The van der Waals surface area contributed by atoms with Crippen LogP contribution in [0.4, 0.5) is 4.79 Å². The van der Waals surface area contributed by atoms with E-state index in [0.29, 0.717) is 13.2 Å². The van der Waals surface area contributed by atoms with Gasteiger partial charge in [0.25, 0.3) is 0 Å². The molecule has 0 aromatic heterocycles. The number of hydrogen-bond donors (Lipinski definition) is 0. The van der Waals surface area contributed by atoms with Crippen LogP contribution in [0.15, 0.2) is 54.8 Å². The molecule has 154 valence electrons. The van der Waals surface area contributed by atoms with Crippen molar-refractivity contribution in [3.8, 4) is 0 Å². The molecule has 1 heterocycles. The Labute approximate surface area is 167 Å². The molecule has 1 aromatic carbocycles. The molecule has 0 aliphatic carbocycles. The largest absolute Gasteiger partial charge is 0.444 e. The van der Waals surface area contributed by atoms with Gasteiger partial charge in [-0.1, -0.05) is 63.1 Å². The molecule has 6 nitrogen and oxygen atoms in total. The minimum absolute atomic E-state index is 0.137. The Bertz CT molecular complexity index is 690. The fourth-order valence-electron chi connectivity index (χ4n) is 2.57. The molecule has 0 spiro atoms. The molecule has 0 radical (unpaired) electrons. The van der Waals surface area contributed by atoms with E-state index in [1.54, 1.807) is 24.4 Å². The van der Waals surface area contributed by atoms with E-state index in [-0.39, 0.29) is 6.61 Å². The molecule has 7 heteroatoms. The van der Waals surface area contributed by atoms with E-state index in [1.165, 1.54) is 4.90 Å². The number of carbonyl (C=O) groups is 1. The van der Waals surface area contributed by atoms with Crippen molar-refractivity contribution in [1.82, 2.24) is 4.90 Å². The third-order valence-electron chi connectivity index (χ3n) is 4.20. The molecule has 28 heavy (non-hydrogen) atoms. The minimum atomic E-state index is -3.57. The van der Waals surface area contributed by atoms with Crippen molar-refractivity contribution in [2.75, 3.05) is 13.2 Å². The van der Waals surface area contributed by atoms with Crippen LogP contribution >= 0.6 is 7.60 Å². The summed E-state index contributed by atoms with van der Waals surface area (Å²) < 4.78 is 30.3. The first kappa shape index (κ1) is 22.4. The van der Waals surface area contributed by atoms with Crippen LogP contribution in [0.25, 0.3) is 0 Å². The highest BCUT2D eigenvalue weighted by atomic mass is 31.2. The topological polar surface area (TPSA) is 65.1 Å². The van der Waals surface area contributed by atoms with Crippen molar-refractivity contribution in [2.24, 2.45) is 0 Å². The molecule has 1 aromatic rings. The lowest BCUT2D eigenvalue weighted by molar-refractivity contribution is 0.103. The third-order valence-corrected chi connectivity index (χ3v) is 6.36. The van der Waals surface area contributed by atoms with Gasteiger partial charge in [0.15, 0.2) is 5.78 Å². The number of amides is 1. The van der Waals surface area contributed by atoms with Gasteiger partial charge in [-0.05, 0) is 30.6 Å². The fourth-order valence-corrected chi connectivity index (χ4v) is 4.50. The van der Waals surface area contributed by atoms with E-state index in [2.05, 4.69) is 0 Å². The van der Waals surface area contributed by atoms with E-state index in [9.17, 15) is 9.36 Å². The second kappa shape index (κ2) is 11.8. The summed E-state index contributed by atoms with van der Waals surface area (Å²) in [5, 5.41) is 0. The lowest BCUT2D eigenvalue weighted by Gasteiger charge is -2.32. The van der Waals surface area contributed by atoms with E-state index in [0.717, 1.165) is 31.2 Å². The number of nitrogens with zero attached hydrogens (tertiary/aromatic N) is 1. The highest BCUT2D eigenvalue weighted by molar-refractivity contribution is 7.54. The summed E-state index contributed by atoms with van der Waals surface area (Å²) in [6.45, 7) is 4.84. The number of carbonyl (C=O) groups excluding carboxylic acids is 1. The predicted octanol–water partition coefficient (Wildman–Crippen LogP) is 5.86. The van der Waals surface area contributed by atoms with Gasteiger partial charge in [-0.3, -0.25) is 9.46 Å². The highest BCUT2D eigenvalue weighted by Crippen LogP contribution is 2.55. The maximum Gasteiger partial charge on any atom is 0.415 e. The van der Waals surface area contributed by atoms with E-state index >= 15 is 0 Å². The second-order valence-corrected chi connectivity index (χ2v) is 8.63. The zero-order valence-electron chi connectivity index (χ0n) is 16.7. The fraction of sp³-hybridized carbons (Fsp3) is 0.476. The molecule has 1 aliphatic heterocycles. The summed E-state index contributed by atoms with van der Waals surface area (Å²) in [7, 11) is -3.57. The van der Waals surface area contributed by atoms with Gasteiger partial charge < -0.3 is 13.8 Å². The first-order valence-electron chi connectivity index (χ1n) is 9.83. The first-order chi connectivity index (χ1) is 13.6. The number of rotatable bonds is 11. The van der Waals surface area contributed by atoms with Gasteiger partial charge in [-0.2, -0.15) is 0 Å². The maximum atomic E-state index is 13.5. The molecule has 2 rings (SSSR count). The zero-order valence-corrected chi connectivity index (χ0v) is 17.6. The van der Waals surface area contributed by atoms with Crippen LogP contribution in [-0.2, 0) is 25.0 Å². The summed E-state index contributed by atoms with van der Waals surface area (Å²) >= 11 is 0. The van der Waals surface area contributed by atoms with E-state index < -0.39 is 19.5 Å². The lowest BCUT2D eigenvalue weighted by atomic mass is 10.2. The summed E-state index contributed by atoms with van der Waals surface area (Å²) in [5.74, 6) is -0.838. The molecular weight excluding hydrogens is 377 g/mol. The molecule has 0 unspecified atom stereocenters. The molecule has 0 bridgehead atoms. The van der Waals surface area contributed by atoms with Gasteiger partial charge in [0, 0.05) is 6.20 Å². The molecule has 1 amide bonds. The number of allylic oxidation sites excluding steroid dienone is 2. The average molecular weight is 407 g/mol. The van der Waals surface area contributed by atoms with Crippen LogP contribution < -0.4 is 0 Å². The Morgan fingerprint density at radius 3 is 2.29 bits per heavy atom. The van der Waals surface area contributed by atoms with E-state index in [1.807, 2.05) is 44.2 Å². The summed E-state index contributed by atoms with van der Waals surface area (Å²) in [5.41, 5.74) is 0.880. The molecule has 0 saturated heterocycles. The van der Waals surface area contributed by atoms with Crippen LogP contribution in [0.3, 0.4) is 0 Å². The van der Waals surface area contributed by atoms with Crippen LogP contribution in [0.2, 0.25) is 0 Å². The normalized spacial score (nSPS) is 16.4. The average Bonchev–Trinajstić information content (AvgIpc) is 2.73. The molecule has 0 fully saturated rings. The number of unbranched alkanes of at least 4 members (excludes halogenated alkanes) is 2. The highest BCUT2D eigenvalue weighted by Gasteiger charge is 2.41. The van der Waals surface area contributed by atoms with Gasteiger partial charge in [0.05, 0.1) is 13.2 Å². The molecular formula is C21H30NO5P. The van der Waals surface area contributed by atoms with E-state index in [4.69, 9.17) is 13.8 Å². The Kier molecular flexibility index (Phi) is 9.48. The number of hydrogen-bond acceptors (Lipinski definition) is 5. The van der Waals surface area contributed by atoms with Crippen molar-refractivity contribution < 1.29 is 23.1 Å². The smallest absolute Gasteiger partial charge is 0.415 e. The Balaban J connectivity index is 2.10. The van der Waals surface area contributed by atoms with Crippen LogP contribution in [0.5, 0.6) is 0 Å². The monoisotopic (exact) mass is 407 g/mol. The molecule has 0 N–H and O–H groups in total. The predicted molar refractivity (Wildman–Crippen MR) is 110 cm³/mol. The van der Waals surface area contributed by atoms with Gasteiger partial charge in [-0.25, -0.2) is 4.79 Å². The second-order valence-electron chi connectivity index (χ2n) is 6.50. The number of ether oxygens (including phenoxy) is 1. The minimum Gasteiger partial charge on any atom is -0.444 e. The molecule has 1 aliphatic rings. The molecule has 1 atom stereocenters. The SMILES string of the molecule is CCCCOP(=O)(OCCCC)[C@H]1C=CC=CN1C(=O)OCc1ccccc1. The van der Waals surface area contributed by atoms with Crippen LogP contribution in [-0.4, -0.2) is 30.0 Å². The summed E-state index contributed by atoms with van der Waals surface area (Å²) in [4.78, 5) is 14.0. The van der Waals surface area contributed by atoms with Crippen molar-refractivity contribution in [3.63, 3.8) is 0 Å². The van der Waals surface area contributed by atoms with Crippen LogP contribution in [0.1, 0.15) is 45.1 Å². The Morgan fingerprint density at radius 2 is 1.68 bits per heavy atom.